The molecule has 5 rings (SSSR count). The third kappa shape index (κ3) is 3.63. The third-order valence-corrected chi connectivity index (χ3v) is 8.02. The van der Waals surface area contributed by atoms with E-state index in [1.807, 2.05) is 13.8 Å². The SMILES string of the molecule is CC(C)(NSc1ccc(F)cc1Cl)C(=O)NC1C2CC3CC(C2)CC1C3. The number of nitrogens with one attached hydrogen (secondary N) is 2. The predicted molar refractivity (Wildman–Crippen MR) is 103 cm³/mol. The molecule has 0 unspecified atom stereocenters. The highest BCUT2D eigenvalue weighted by Crippen LogP contribution is 2.53. The number of hydrogen-bond acceptors (Lipinski definition) is 3. The molecule has 4 aliphatic carbocycles. The predicted octanol–water partition coefficient (Wildman–Crippen LogP) is 4.80. The van der Waals surface area contributed by atoms with E-state index < -0.39 is 5.54 Å². The van der Waals surface area contributed by atoms with E-state index in [0.29, 0.717) is 27.8 Å². The molecule has 0 aliphatic heterocycles. The lowest BCUT2D eigenvalue weighted by molar-refractivity contribution is -0.129. The fourth-order valence-corrected chi connectivity index (χ4v) is 6.31. The van der Waals surface area contributed by atoms with E-state index in [2.05, 4.69) is 10.0 Å². The van der Waals surface area contributed by atoms with Crippen molar-refractivity contribution >= 4 is 29.5 Å². The summed E-state index contributed by atoms with van der Waals surface area (Å²) in [5.74, 6) is 2.77. The van der Waals surface area contributed by atoms with E-state index in [4.69, 9.17) is 11.6 Å². The van der Waals surface area contributed by atoms with Crippen LogP contribution in [0.15, 0.2) is 23.1 Å². The molecule has 6 heteroatoms. The van der Waals surface area contributed by atoms with Crippen molar-refractivity contribution in [2.45, 2.75) is 62.4 Å². The Morgan fingerprint density at radius 2 is 1.77 bits per heavy atom. The van der Waals surface area contributed by atoms with Crippen LogP contribution in [0.25, 0.3) is 0 Å². The minimum absolute atomic E-state index is 0.0284. The van der Waals surface area contributed by atoms with E-state index in [1.54, 1.807) is 6.07 Å². The van der Waals surface area contributed by atoms with Crippen LogP contribution in [0.1, 0.15) is 46.0 Å². The van der Waals surface area contributed by atoms with Crippen LogP contribution in [-0.4, -0.2) is 17.5 Å². The van der Waals surface area contributed by atoms with Gasteiger partial charge in [-0.2, -0.15) is 0 Å². The monoisotopic (exact) mass is 396 g/mol. The van der Waals surface area contributed by atoms with Crippen LogP contribution in [0.2, 0.25) is 5.02 Å². The lowest BCUT2D eigenvalue weighted by atomic mass is 9.54. The molecular weight excluding hydrogens is 371 g/mol. The normalized spacial score (nSPS) is 32.7. The molecule has 26 heavy (non-hydrogen) atoms. The zero-order valence-electron chi connectivity index (χ0n) is 15.2. The van der Waals surface area contributed by atoms with Gasteiger partial charge in [0.1, 0.15) is 11.4 Å². The maximum atomic E-state index is 13.2. The molecule has 3 nitrogen and oxygen atoms in total. The summed E-state index contributed by atoms with van der Waals surface area (Å²) < 4.78 is 16.4. The minimum Gasteiger partial charge on any atom is -0.351 e. The number of carbonyl (C=O) groups is 1. The first-order chi connectivity index (χ1) is 12.3. The molecule has 1 amide bonds. The zero-order valence-corrected chi connectivity index (χ0v) is 16.8. The van der Waals surface area contributed by atoms with Gasteiger partial charge in [0.25, 0.3) is 0 Å². The largest absolute Gasteiger partial charge is 0.351 e. The third-order valence-electron chi connectivity index (χ3n) is 6.40. The van der Waals surface area contributed by atoms with Crippen LogP contribution in [0.5, 0.6) is 0 Å². The molecule has 0 radical (unpaired) electrons. The maximum absolute atomic E-state index is 13.2. The molecule has 1 aromatic carbocycles. The molecule has 142 valence electrons. The van der Waals surface area contributed by atoms with E-state index in [1.165, 1.54) is 56.2 Å². The highest BCUT2D eigenvalue weighted by molar-refractivity contribution is 7.97. The summed E-state index contributed by atoms with van der Waals surface area (Å²) in [6, 6.07) is 4.61. The first-order valence-corrected chi connectivity index (χ1v) is 10.7. The Morgan fingerprint density at radius 3 is 2.35 bits per heavy atom. The summed E-state index contributed by atoms with van der Waals surface area (Å²) in [5, 5.41) is 3.70. The van der Waals surface area contributed by atoms with Crippen molar-refractivity contribution in [3.8, 4) is 0 Å². The van der Waals surface area contributed by atoms with Gasteiger partial charge in [-0.25, -0.2) is 9.11 Å². The fraction of sp³-hybridized carbons (Fsp3) is 0.650. The topological polar surface area (TPSA) is 41.1 Å². The Bertz CT molecular complexity index is 683. The van der Waals surface area contributed by atoms with Gasteiger partial charge in [-0.05, 0) is 99.8 Å². The van der Waals surface area contributed by atoms with Gasteiger partial charge in [0.2, 0.25) is 5.91 Å². The van der Waals surface area contributed by atoms with Crippen molar-refractivity contribution in [1.82, 2.24) is 10.0 Å². The Hall–Kier alpha value is -0.780. The second-order valence-electron chi connectivity index (χ2n) is 8.83. The molecule has 0 aromatic heterocycles. The van der Waals surface area contributed by atoms with Gasteiger partial charge in [-0.1, -0.05) is 11.6 Å². The summed E-state index contributed by atoms with van der Waals surface area (Å²) in [6.07, 6.45) is 6.55. The Balaban J connectivity index is 1.37. The highest BCUT2D eigenvalue weighted by atomic mass is 35.5. The molecule has 0 spiro atoms. The molecule has 1 aromatic rings. The Kier molecular flexibility index (Phi) is 4.99. The average Bonchev–Trinajstić information content (AvgIpc) is 2.56. The van der Waals surface area contributed by atoms with Crippen molar-refractivity contribution in [1.29, 1.82) is 0 Å². The molecule has 0 atom stereocenters. The zero-order chi connectivity index (χ0) is 18.5. The van der Waals surface area contributed by atoms with Gasteiger partial charge in [0.15, 0.2) is 0 Å². The Morgan fingerprint density at radius 1 is 1.15 bits per heavy atom. The molecule has 4 aliphatic rings. The van der Waals surface area contributed by atoms with Crippen LogP contribution >= 0.6 is 23.5 Å². The molecule has 4 saturated carbocycles. The molecule has 4 bridgehead atoms. The van der Waals surface area contributed by atoms with Crippen molar-refractivity contribution in [2.24, 2.45) is 23.7 Å². The lowest BCUT2D eigenvalue weighted by Gasteiger charge is -2.54. The average molecular weight is 397 g/mol. The number of rotatable bonds is 5. The van der Waals surface area contributed by atoms with Crippen LogP contribution < -0.4 is 10.0 Å². The number of halogens is 2. The summed E-state index contributed by atoms with van der Waals surface area (Å²) in [6.45, 7) is 3.76. The van der Waals surface area contributed by atoms with Gasteiger partial charge in [0.05, 0.1) is 5.02 Å². The number of amides is 1. The molecule has 2 N–H and O–H groups in total. The van der Waals surface area contributed by atoms with Crippen molar-refractivity contribution in [3.05, 3.63) is 29.0 Å². The molecule has 0 saturated heterocycles. The smallest absolute Gasteiger partial charge is 0.240 e. The molecule has 0 heterocycles. The number of hydrogen-bond donors (Lipinski definition) is 2. The van der Waals surface area contributed by atoms with Crippen LogP contribution in [0.4, 0.5) is 4.39 Å². The minimum atomic E-state index is -0.739. The molecular formula is C20H26ClFN2OS. The van der Waals surface area contributed by atoms with Crippen LogP contribution in [0.3, 0.4) is 0 Å². The maximum Gasteiger partial charge on any atom is 0.240 e. The fourth-order valence-electron chi connectivity index (χ4n) is 5.28. The molecule has 4 fully saturated rings. The van der Waals surface area contributed by atoms with Crippen LogP contribution in [-0.2, 0) is 4.79 Å². The van der Waals surface area contributed by atoms with Gasteiger partial charge < -0.3 is 5.32 Å². The summed E-state index contributed by atoms with van der Waals surface area (Å²) in [5.41, 5.74) is -0.739. The highest BCUT2D eigenvalue weighted by Gasteiger charge is 2.49. The van der Waals surface area contributed by atoms with Crippen LogP contribution in [0, 0.1) is 29.5 Å². The second kappa shape index (κ2) is 6.99. The quantitative estimate of drug-likeness (QED) is 0.702. The van der Waals surface area contributed by atoms with E-state index in [9.17, 15) is 9.18 Å². The van der Waals surface area contributed by atoms with Gasteiger partial charge in [0, 0.05) is 10.9 Å². The van der Waals surface area contributed by atoms with E-state index in [0.717, 1.165) is 11.8 Å². The van der Waals surface area contributed by atoms with Gasteiger partial charge >= 0.3 is 0 Å². The number of carbonyl (C=O) groups excluding carboxylic acids is 1. The summed E-state index contributed by atoms with van der Waals surface area (Å²) in [7, 11) is 0. The van der Waals surface area contributed by atoms with E-state index in [-0.39, 0.29) is 11.7 Å². The Labute approximate surface area is 164 Å². The second-order valence-corrected chi connectivity index (χ2v) is 10.1. The lowest BCUT2D eigenvalue weighted by Crippen LogP contribution is -2.60. The van der Waals surface area contributed by atoms with E-state index >= 15 is 0 Å². The van der Waals surface area contributed by atoms with Crippen molar-refractivity contribution in [2.75, 3.05) is 0 Å². The first kappa shape index (κ1) is 18.6. The summed E-state index contributed by atoms with van der Waals surface area (Å²) >= 11 is 7.35. The standard InChI is InChI=1S/C20H26ClFN2OS/c1-20(2,24-26-17-4-3-15(22)10-16(17)21)19(25)23-18-13-6-11-5-12(8-13)9-14(18)7-11/h3-4,10-14,18,24H,5-9H2,1-2H3,(H,23,25). The van der Waals surface area contributed by atoms with Gasteiger partial charge in [-0.3, -0.25) is 4.79 Å². The first-order valence-electron chi connectivity index (χ1n) is 9.52. The number of benzene rings is 1. The van der Waals surface area contributed by atoms with Gasteiger partial charge in [-0.15, -0.1) is 0 Å². The summed E-state index contributed by atoms with van der Waals surface area (Å²) in [4.78, 5) is 13.6. The van der Waals surface area contributed by atoms with Crippen molar-refractivity contribution in [3.63, 3.8) is 0 Å². The van der Waals surface area contributed by atoms with Crippen molar-refractivity contribution < 1.29 is 9.18 Å².